The molecular weight excluding hydrogens is 274 g/mol. The average Bonchev–Trinajstić information content (AvgIpc) is 3.05. The molecule has 0 saturated heterocycles. The Labute approximate surface area is 120 Å². The summed E-state index contributed by atoms with van der Waals surface area (Å²) in [4.78, 5) is 0. The lowest BCUT2D eigenvalue weighted by Crippen LogP contribution is -2.03. The number of rotatable bonds is 2. The maximum Gasteiger partial charge on any atom is 0.231 e. The molecule has 99 valence electrons. The molecule has 6 heteroatoms. The van der Waals surface area contributed by atoms with Gasteiger partial charge in [0.05, 0.1) is 0 Å². The third-order valence-corrected chi connectivity index (χ3v) is 4.23. The molecule has 0 unspecified atom stereocenters. The first-order valence-corrected chi connectivity index (χ1v) is 6.95. The fourth-order valence-corrected chi connectivity index (χ4v) is 3.19. The van der Waals surface area contributed by atoms with Crippen LogP contribution in [0.25, 0.3) is 0 Å². The number of ether oxygens (including phenoxy) is 4. The van der Waals surface area contributed by atoms with E-state index in [1.807, 2.05) is 24.3 Å². The van der Waals surface area contributed by atoms with Gasteiger partial charge in [-0.3, -0.25) is 0 Å². The number of benzene rings is 2. The summed E-state index contributed by atoms with van der Waals surface area (Å²) < 4.78 is 21.4. The lowest BCUT2D eigenvalue weighted by atomic mass is 10.3. The third-order valence-electron chi connectivity index (χ3n) is 3.03. The molecule has 0 saturated carbocycles. The summed E-state index contributed by atoms with van der Waals surface area (Å²) >= 11 is 0. The summed E-state index contributed by atoms with van der Waals surface area (Å²) in [6.45, 7) is 0.623. The second-order valence-electron chi connectivity index (χ2n) is 4.26. The van der Waals surface area contributed by atoms with E-state index in [9.17, 15) is 0 Å². The van der Waals surface area contributed by atoms with Crippen LogP contribution < -0.4 is 29.6 Å². The summed E-state index contributed by atoms with van der Waals surface area (Å²) in [5.41, 5.74) is 0. The normalized spacial score (nSPS) is 14.0. The Morgan fingerprint density at radius 1 is 0.650 bits per heavy atom. The maximum atomic E-state index is 5.39. The van der Waals surface area contributed by atoms with E-state index >= 15 is 0 Å². The first kappa shape index (κ1) is 13.1. The summed E-state index contributed by atoms with van der Waals surface area (Å²) in [5.74, 6) is 3.29. The first-order valence-electron chi connectivity index (χ1n) is 5.95. The predicted octanol–water partition coefficient (Wildman–Crippen LogP) is 1.39. The van der Waals surface area contributed by atoms with Gasteiger partial charge in [-0.2, -0.15) is 0 Å². The zero-order valence-corrected chi connectivity index (χ0v) is 11.6. The van der Waals surface area contributed by atoms with E-state index < -0.39 is 0 Å². The molecule has 2 aliphatic rings. The zero-order chi connectivity index (χ0) is 12.7. The fraction of sp³-hybridized carbons (Fsp3) is 0.143. The van der Waals surface area contributed by atoms with Gasteiger partial charge in [-0.25, -0.2) is 0 Å². The second kappa shape index (κ2) is 5.26. The van der Waals surface area contributed by atoms with Crippen molar-refractivity contribution in [2.45, 2.75) is 0 Å². The standard InChI is InChI=1S/C14H11O4P.B/c1-3-11-13(17-7-15-11)5-9(1)19-10-2-4-12-14(6-10)18-8-16-12;/h1-6,19H,7-8H2;. The highest BCUT2D eigenvalue weighted by molar-refractivity contribution is 7.55. The lowest BCUT2D eigenvalue weighted by Gasteiger charge is -2.05. The highest BCUT2D eigenvalue weighted by Gasteiger charge is 2.15. The summed E-state index contributed by atoms with van der Waals surface area (Å²) in [7, 11) is 0.553. The van der Waals surface area contributed by atoms with E-state index in [4.69, 9.17) is 18.9 Å². The van der Waals surface area contributed by atoms with E-state index in [1.165, 1.54) is 10.6 Å². The molecule has 0 spiro atoms. The van der Waals surface area contributed by atoms with Crippen molar-refractivity contribution in [2.24, 2.45) is 0 Å². The topological polar surface area (TPSA) is 36.9 Å². The molecule has 0 aliphatic carbocycles. The fourth-order valence-electron chi connectivity index (χ4n) is 2.12. The summed E-state index contributed by atoms with van der Waals surface area (Å²) in [5, 5.41) is 2.42. The Bertz CT molecular complexity index is 592. The van der Waals surface area contributed by atoms with E-state index in [0.29, 0.717) is 22.2 Å². The Morgan fingerprint density at radius 3 is 1.60 bits per heavy atom. The van der Waals surface area contributed by atoms with Crippen LogP contribution in [-0.2, 0) is 0 Å². The van der Waals surface area contributed by atoms with Crippen molar-refractivity contribution in [3.05, 3.63) is 36.4 Å². The van der Waals surface area contributed by atoms with Crippen molar-refractivity contribution < 1.29 is 18.9 Å². The molecule has 20 heavy (non-hydrogen) atoms. The van der Waals surface area contributed by atoms with Gasteiger partial charge < -0.3 is 18.9 Å². The van der Waals surface area contributed by atoms with Crippen LogP contribution in [0.3, 0.4) is 0 Å². The first-order chi connectivity index (χ1) is 9.38. The minimum absolute atomic E-state index is 0. The van der Waals surface area contributed by atoms with Crippen molar-refractivity contribution in [1.82, 2.24) is 0 Å². The van der Waals surface area contributed by atoms with E-state index in [0.717, 1.165) is 23.0 Å². The molecule has 2 heterocycles. The van der Waals surface area contributed by atoms with E-state index in [2.05, 4.69) is 12.1 Å². The van der Waals surface area contributed by atoms with Gasteiger partial charge in [0.15, 0.2) is 23.0 Å². The SMILES string of the molecule is [B].c1cc2c(cc1Pc1ccc3c(c1)OCO3)OCO2. The zero-order valence-electron chi connectivity index (χ0n) is 10.6. The van der Waals surface area contributed by atoms with Gasteiger partial charge in [-0.15, -0.1) is 0 Å². The van der Waals surface area contributed by atoms with Crippen molar-refractivity contribution >= 4 is 27.6 Å². The largest absolute Gasteiger partial charge is 0.454 e. The molecule has 0 amide bonds. The summed E-state index contributed by atoms with van der Waals surface area (Å²) in [6, 6.07) is 12.1. The predicted molar refractivity (Wildman–Crippen MR) is 78.5 cm³/mol. The molecule has 4 rings (SSSR count). The monoisotopic (exact) mass is 285 g/mol. The number of hydrogen-bond acceptors (Lipinski definition) is 4. The highest BCUT2D eigenvalue weighted by atomic mass is 31.1. The Balaban J connectivity index is 0.00000121. The van der Waals surface area contributed by atoms with Crippen LogP contribution in [0.4, 0.5) is 0 Å². The summed E-state index contributed by atoms with van der Waals surface area (Å²) in [6.07, 6.45) is 0. The van der Waals surface area contributed by atoms with Gasteiger partial charge in [0.1, 0.15) is 0 Å². The molecular formula is C14H11BO4P. The van der Waals surface area contributed by atoms with Crippen LogP contribution in [-0.4, -0.2) is 22.0 Å². The van der Waals surface area contributed by atoms with Gasteiger partial charge in [-0.05, 0) is 34.9 Å². The minimum atomic E-state index is 0. The van der Waals surface area contributed by atoms with E-state index in [-0.39, 0.29) is 8.41 Å². The molecule has 3 radical (unpaired) electrons. The van der Waals surface area contributed by atoms with Crippen molar-refractivity contribution in [3.8, 4) is 23.0 Å². The van der Waals surface area contributed by atoms with Gasteiger partial charge in [-0.1, -0.05) is 20.7 Å². The molecule has 0 aromatic heterocycles. The molecule has 0 N–H and O–H groups in total. The van der Waals surface area contributed by atoms with Crippen molar-refractivity contribution in [1.29, 1.82) is 0 Å². The molecule has 0 fully saturated rings. The lowest BCUT2D eigenvalue weighted by molar-refractivity contribution is 0.173. The van der Waals surface area contributed by atoms with Gasteiger partial charge >= 0.3 is 0 Å². The molecule has 4 nitrogen and oxygen atoms in total. The van der Waals surface area contributed by atoms with Gasteiger partial charge in [0.2, 0.25) is 13.6 Å². The van der Waals surface area contributed by atoms with Crippen LogP contribution in [0.15, 0.2) is 36.4 Å². The van der Waals surface area contributed by atoms with Crippen LogP contribution in [0.2, 0.25) is 0 Å². The Kier molecular flexibility index (Phi) is 3.45. The van der Waals surface area contributed by atoms with E-state index in [1.54, 1.807) is 0 Å². The number of fused-ring (bicyclic) bond motifs is 2. The minimum Gasteiger partial charge on any atom is -0.454 e. The molecule has 2 aromatic carbocycles. The number of hydrogen-bond donors (Lipinski definition) is 0. The quantitative estimate of drug-likeness (QED) is 0.617. The molecule has 2 aliphatic heterocycles. The van der Waals surface area contributed by atoms with Crippen molar-refractivity contribution in [2.75, 3.05) is 13.6 Å². The van der Waals surface area contributed by atoms with Crippen LogP contribution in [0.5, 0.6) is 23.0 Å². The Morgan fingerprint density at radius 2 is 1.10 bits per heavy atom. The molecule has 0 atom stereocenters. The average molecular weight is 285 g/mol. The van der Waals surface area contributed by atoms with Gasteiger partial charge in [0, 0.05) is 8.41 Å². The molecule has 2 aromatic rings. The van der Waals surface area contributed by atoms with Crippen LogP contribution >= 0.6 is 8.58 Å². The van der Waals surface area contributed by atoms with Gasteiger partial charge in [0.25, 0.3) is 0 Å². The molecule has 0 bridgehead atoms. The van der Waals surface area contributed by atoms with Crippen LogP contribution in [0.1, 0.15) is 0 Å². The Hall–Kier alpha value is -1.87. The maximum absolute atomic E-state index is 5.39. The smallest absolute Gasteiger partial charge is 0.231 e. The van der Waals surface area contributed by atoms with Crippen LogP contribution in [0, 0.1) is 0 Å². The highest BCUT2D eigenvalue weighted by Crippen LogP contribution is 2.34. The second-order valence-corrected chi connectivity index (χ2v) is 5.67. The third kappa shape index (κ3) is 2.29. The van der Waals surface area contributed by atoms with Crippen molar-refractivity contribution in [3.63, 3.8) is 0 Å².